The number of aromatic nitrogens is 1. The second kappa shape index (κ2) is 3.64. The van der Waals surface area contributed by atoms with E-state index in [1.807, 2.05) is 30.5 Å². The molecule has 0 aliphatic carbocycles. The van der Waals surface area contributed by atoms with E-state index in [4.69, 9.17) is 10.5 Å². The van der Waals surface area contributed by atoms with Crippen molar-refractivity contribution in [3.63, 3.8) is 0 Å². The smallest absolute Gasteiger partial charge is 0.119 e. The summed E-state index contributed by atoms with van der Waals surface area (Å²) in [6, 6.07) is 7.90. The lowest BCUT2D eigenvalue weighted by Crippen LogP contribution is -1.98. The Balaban J connectivity index is 2.57. The van der Waals surface area contributed by atoms with Crippen LogP contribution in [0.2, 0.25) is 0 Å². The predicted molar refractivity (Wildman–Crippen MR) is 56.2 cm³/mol. The van der Waals surface area contributed by atoms with E-state index in [1.165, 1.54) is 0 Å². The van der Waals surface area contributed by atoms with Crippen LogP contribution in [-0.4, -0.2) is 12.1 Å². The minimum Gasteiger partial charge on any atom is -0.497 e. The van der Waals surface area contributed by atoms with Gasteiger partial charge < -0.3 is 10.5 Å². The minimum atomic E-state index is 0.474. The van der Waals surface area contributed by atoms with Crippen molar-refractivity contribution < 1.29 is 4.74 Å². The summed E-state index contributed by atoms with van der Waals surface area (Å²) in [5, 5.41) is 2.21. The molecule has 1 heterocycles. The Hall–Kier alpha value is -1.61. The number of nitrogens with zero attached hydrogens (tertiary/aromatic N) is 1. The van der Waals surface area contributed by atoms with Gasteiger partial charge in [0.1, 0.15) is 5.75 Å². The Morgan fingerprint density at radius 2 is 2.14 bits per heavy atom. The topological polar surface area (TPSA) is 48.1 Å². The number of nitrogens with two attached hydrogens (primary N) is 1. The van der Waals surface area contributed by atoms with Gasteiger partial charge in [0.05, 0.1) is 12.8 Å². The first kappa shape index (κ1) is 8.97. The summed E-state index contributed by atoms with van der Waals surface area (Å²) in [6.45, 7) is 0.474. The molecule has 0 aliphatic heterocycles. The maximum Gasteiger partial charge on any atom is 0.119 e. The van der Waals surface area contributed by atoms with Crippen molar-refractivity contribution in [3.05, 3.63) is 36.2 Å². The van der Waals surface area contributed by atoms with Gasteiger partial charge in [0.25, 0.3) is 0 Å². The van der Waals surface area contributed by atoms with Crippen LogP contribution in [0.5, 0.6) is 5.75 Å². The lowest BCUT2D eigenvalue weighted by molar-refractivity contribution is 0.415. The number of ether oxygens (including phenoxy) is 1. The van der Waals surface area contributed by atoms with Gasteiger partial charge in [0.2, 0.25) is 0 Å². The first-order valence-corrected chi connectivity index (χ1v) is 4.46. The molecule has 3 nitrogen and oxygen atoms in total. The third-order valence-corrected chi connectivity index (χ3v) is 2.19. The standard InChI is InChI=1S/C11H12N2O/c1-14-11-3-2-8-4-10(6-12)13-7-9(8)5-11/h2-5,7H,6,12H2,1H3. The molecule has 0 radical (unpaired) electrons. The van der Waals surface area contributed by atoms with Crippen molar-refractivity contribution in [2.45, 2.75) is 6.54 Å². The minimum absolute atomic E-state index is 0.474. The number of methoxy groups -OCH3 is 1. The van der Waals surface area contributed by atoms with Crippen molar-refractivity contribution in [2.24, 2.45) is 5.73 Å². The van der Waals surface area contributed by atoms with Crippen molar-refractivity contribution in [3.8, 4) is 5.75 Å². The van der Waals surface area contributed by atoms with Gasteiger partial charge in [-0.25, -0.2) is 0 Å². The Morgan fingerprint density at radius 3 is 2.86 bits per heavy atom. The summed E-state index contributed by atoms with van der Waals surface area (Å²) in [7, 11) is 1.66. The van der Waals surface area contributed by atoms with Gasteiger partial charge in [0.15, 0.2) is 0 Å². The fourth-order valence-electron chi connectivity index (χ4n) is 1.40. The van der Waals surface area contributed by atoms with E-state index in [-0.39, 0.29) is 0 Å². The highest BCUT2D eigenvalue weighted by Crippen LogP contribution is 2.20. The van der Waals surface area contributed by atoms with Gasteiger partial charge >= 0.3 is 0 Å². The Kier molecular flexibility index (Phi) is 2.33. The summed E-state index contributed by atoms with van der Waals surface area (Å²) in [5.74, 6) is 0.847. The lowest BCUT2D eigenvalue weighted by Gasteiger charge is -2.03. The molecule has 0 saturated carbocycles. The monoisotopic (exact) mass is 188 g/mol. The summed E-state index contributed by atoms with van der Waals surface area (Å²) in [5.41, 5.74) is 6.41. The van der Waals surface area contributed by atoms with Gasteiger partial charge in [-0.1, -0.05) is 6.07 Å². The molecule has 0 fully saturated rings. The molecule has 1 aromatic heterocycles. The number of benzene rings is 1. The summed E-state index contributed by atoms with van der Waals surface area (Å²) >= 11 is 0. The van der Waals surface area contributed by atoms with Gasteiger partial charge in [0, 0.05) is 18.1 Å². The zero-order valence-corrected chi connectivity index (χ0v) is 8.03. The first-order chi connectivity index (χ1) is 6.83. The predicted octanol–water partition coefficient (Wildman–Crippen LogP) is 1.70. The van der Waals surface area contributed by atoms with E-state index in [2.05, 4.69) is 4.98 Å². The Morgan fingerprint density at radius 1 is 1.29 bits per heavy atom. The van der Waals surface area contributed by atoms with E-state index < -0.39 is 0 Å². The molecule has 0 bridgehead atoms. The second-order valence-corrected chi connectivity index (χ2v) is 3.09. The summed E-state index contributed by atoms with van der Waals surface area (Å²) in [4.78, 5) is 4.22. The molecule has 72 valence electrons. The van der Waals surface area contributed by atoms with E-state index in [9.17, 15) is 0 Å². The highest BCUT2D eigenvalue weighted by atomic mass is 16.5. The number of hydrogen-bond acceptors (Lipinski definition) is 3. The average molecular weight is 188 g/mol. The highest BCUT2D eigenvalue weighted by molar-refractivity contribution is 5.83. The van der Waals surface area contributed by atoms with Crippen LogP contribution in [0.25, 0.3) is 10.8 Å². The van der Waals surface area contributed by atoms with Crippen LogP contribution < -0.4 is 10.5 Å². The maximum atomic E-state index is 5.51. The Labute approximate surface area is 82.5 Å². The zero-order chi connectivity index (χ0) is 9.97. The van der Waals surface area contributed by atoms with Crippen molar-refractivity contribution in [2.75, 3.05) is 7.11 Å². The molecule has 0 amide bonds. The number of pyridine rings is 1. The molecule has 2 N–H and O–H groups in total. The molecule has 0 saturated heterocycles. The molecule has 1 aromatic carbocycles. The molecule has 2 rings (SSSR count). The second-order valence-electron chi connectivity index (χ2n) is 3.09. The van der Waals surface area contributed by atoms with Crippen molar-refractivity contribution in [1.29, 1.82) is 0 Å². The largest absolute Gasteiger partial charge is 0.497 e. The van der Waals surface area contributed by atoms with Crippen LogP contribution in [0, 0.1) is 0 Å². The lowest BCUT2D eigenvalue weighted by atomic mass is 10.1. The van der Waals surface area contributed by atoms with E-state index in [0.717, 1.165) is 22.2 Å². The molecule has 2 aromatic rings. The Bertz CT molecular complexity index is 411. The molecule has 0 unspecified atom stereocenters. The molecular weight excluding hydrogens is 176 g/mol. The maximum absolute atomic E-state index is 5.51. The number of rotatable bonds is 2. The van der Waals surface area contributed by atoms with Crippen molar-refractivity contribution in [1.82, 2.24) is 4.98 Å². The normalized spacial score (nSPS) is 10.4. The molecule has 0 spiro atoms. The van der Waals surface area contributed by atoms with Crippen LogP contribution in [0.3, 0.4) is 0 Å². The summed E-state index contributed by atoms with van der Waals surface area (Å²) in [6.07, 6.45) is 1.82. The van der Waals surface area contributed by atoms with Gasteiger partial charge in [-0.05, 0) is 23.6 Å². The highest BCUT2D eigenvalue weighted by Gasteiger charge is 1.98. The van der Waals surface area contributed by atoms with Crippen molar-refractivity contribution >= 4 is 10.8 Å². The number of fused-ring (bicyclic) bond motifs is 1. The SMILES string of the molecule is COc1ccc2cc(CN)ncc2c1. The van der Waals surface area contributed by atoms with Crippen LogP contribution >= 0.6 is 0 Å². The molecule has 0 aliphatic rings. The first-order valence-electron chi connectivity index (χ1n) is 4.46. The zero-order valence-electron chi connectivity index (χ0n) is 8.03. The number of hydrogen-bond donors (Lipinski definition) is 1. The molecule has 0 atom stereocenters. The van der Waals surface area contributed by atoms with Crippen LogP contribution in [0.1, 0.15) is 5.69 Å². The fraction of sp³-hybridized carbons (Fsp3) is 0.182. The van der Waals surface area contributed by atoms with Gasteiger partial charge in [-0.15, -0.1) is 0 Å². The third kappa shape index (κ3) is 1.54. The fourth-order valence-corrected chi connectivity index (χ4v) is 1.40. The van der Waals surface area contributed by atoms with Crippen LogP contribution in [0.15, 0.2) is 30.5 Å². The summed E-state index contributed by atoms with van der Waals surface area (Å²) < 4.78 is 5.13. The molecule has 3 heteroatoms. The van der Waals surface area contributed by atoms with E-state index in [1.54, 1.807) is 7.11 Å². The van der Waals surface area contributed by atoms with Gasteiger partial charge in [-0.3, -0.25) is 4.98 Å². The van der Waals surface area contributed by atoms with Gasteiger partial charge in [-0.2, -0.15) is 0 Å². The molecule has 14 heavy (non-hydrogen) atoms. The third-order valence-electron chi connectivity index (χ3n) is 2.19. The average Bonchev–Trinajstić information content (AvgIpc) is 2.27. The molecular formula is C11H12N2O. The quantitative estimate of drug-likeness (QED) is 0.780. The van der Waals surface area contributed by atoms with E-state index in [0.29, 0.717) is 6.54 Å². The van der Waals surface area contributed by atoms with Crippen LogP contribution in [0.4, 0.5) is 0 Å². The van der Waals surface area contributed by atoms with Crippen LogP contribution in [-0.2, 0) is 6.54 Å². The van der Waals surface area contributed by atoms with E-state index >= 15 is 0 Å².